The molecule has 6 heteroatoms. The highest BCUT2D eigenvalue weighted by Gasteiger charge is 2.07. The molecule has 2 heterocycles. The number of nitrogens with zero attached hydrogens (tertiary/aromatic N) is 4. The number of aromatic nitrogens is 3. The summed E-state index contributed by atoms with van der Waals surface area (Å²) < 4.78 is 2.02. The van der Waals surface area contributed by atoms with Gasteiger partial charge in [0, 0.05) is 38.2 Å². The third-order valence-corrected chi connectivity index (χ3v) is 4.54. The summed E-state index contributed by atoms with van der Waals surface area (Å²) in [6, 6.07) is 14.6. The lowest BCUT2D eigenvalue weighted by atomic mass is 10.0. The van der Waals surface area contributed by atoms with Crippen LogP contribution in [-0.2, 0) is 6.42 Å². The van der Waals surface area contributed by atoms with Gasteiger partial charge in [0.2, 0.25) is 0 Å². The van der Waals surface area contributed by atoms with E-state index in [0.29, 0.717) is 5.92 Å². The Morgan fingerprint density at radius 2 is 1.93 bits per heavy atom. The Hall–Kier alpha value is -2.89. The molecular weight excluding hydrogens is 336 g/mol. The minimum absolute atomic E-state index is 0.376. The van der Waals surface area contributed by atoms with Crippen LogP contribution < -0.4 is 10.6 Å². The fourth-order valence-corrected chi connectivity index (χ4v) is 2.92. The smallest absolute Gasteiger partial charge is 0.191 e. The summed E-state index contributed by atoms with van der Waals surface area (Å²) in [5, 5.41) is 15.2. The van der Waals surface area contributed by atoms with Crippen molar-refractivity contribution in [2.45, 2.75) is 33.1 Å². The zero-order valence-electron chi connectivity index (χ0n) is 16.3. The fourth-order valence-electron chi connectivity index (χ4n) is 2.92. The number of aryl methyl sites for hydroxylation is 1. The van der Waals surface area contributed by atoms with E-state index < -0.39 is 0 Å². The SMILES string of the molecule is CCNC(=NCC(C)c1ccc(C)cc1)NCCc1nnc2ccccn12. The molecule has 0 saturated heterocycles. The predicted molar refractivity (Wildman–Crippen MR) is 110 cm³/mol. The average molecular weight is 364 g/mol. The normalized spacial score (nSPS) is 12.9. The molecule has 0 spiro atoms. The van der Waals surface area contributed by atoms with Crippen LogP contribution in [0, 0.1) is 6.92 Å². The number of pyridine rings is 1. The summed E-state index contributed by atoms with van der Waals surface area (Å²) >= 11 is 0. The molecule has 1 aromatic carbocycles. The number of guanidine groups is 1. The molecule has 1 atom stereocenters. The van der Waals surface area contributed by atoms with Crippen molar-refractivity contribution in [3.05, 3.63) is 65.6 Å². The maximum absolute atomic E-state index is 4.74. The lowest BCUT2D eigenvalue weighted by Crippen LogP contribution is -2.38. The van der Waals surface area contributed by atoms with Gasteiger partial charge in [-0.15, -0.1) is 10.2 Å². The van der Waals surface area contributed by atoms with E-state index in [0.717, 1.165) is 43.5 Å². The number of benzene rings is 1. The topological polar surface area (TPSA) is 66.6 Å². The molecule has 27 heavy (non-hydrogen) atoms. The van der Waals surface area contributed by atoms with Gasteiger partial charge >= 0.3 is 0 Å². The number of hydrogen-bond donors (Lipinski definition) is 2. The molecule has 0 aliphatic heterocycles. The van der Waals surface area contributed by atoms with Crippen LogP contribution in [0.5, 0.6) is 0 Å². The van der Waals surface area contributed by atoms with Gasteiger partial charge < -0.3 is 10.6 Å². The summed E-state index contributed by atoms with van der Waals surface area (Å²) in [7, 11) is 0. The minimum Gasteiger partial charge on any atom is -0.357 e. The molecule has 0 radical (unpaired) electrons. The lowest BCUT2D eigenvalue weighted by Gasteiger charge is -2.14. The van der Waals surface area contributed by atoms with Gasteiger partial charge in [-0.3, -0.25) is 9.39 Å². The van der Waals surface area contributed by atoms with Gasteiger partial charge in [-0.25, -0.2) is 0 Å². The monoisotopic (exact) mass is 364 g/mol. The first kappa shape index (κ1) is 18.9. The third-order valence-electron chi connectivity index (χ3n) is 4.54. The predicted octanol–water partition coefficient (Wildman–Crippen LogP) is 2.94. The molecule has 0 aliphatic rings. The number of fused-ring (bicyclic) bond motifs is 1. The van der Waals surface area contributed by atoms with E-state index in [9.17, 15) is 0 Å². The number of rotatable bonds is 7. The highest BCUT2D eigenvalue weighted by Crippen LogP contribution is 2.15. The highest BCUT2D eigenvalue weighted by molar-refractivity contribution is 5.79. The van der Waals surface area contributed by atoms with Gasteiger partial charge in [-0.05, 0) is 31.5 Å². The molecule has 2 N–H and O–H groups in total. The zero-order valence-corrected chi connectivity index (χ0v) is 16.3. The van der Waals surface area contributed by atoms with Crippen molar-refractivity contribution in [2.24, 2.45) is 4.99 Å². The maximum atomic E-state index is 4.74. The first-order chi connectivity index (χ1) is 13.2. The molecule has 0 bridgehead atoms. The van der Waals surface area contributed by atoms with Crippen molar-refractivity contribution in [3.8, 4) is 0 Å². The molecule has 0 aliphatic carbocycles. The number of nitrogens with one attached hydrogen (secondary N) is 2. The van der Waals surface area contributed by atoms with Crippen molar-refractivity contribution in [2.75, 3.05) is 19.6 Å². The zero-order chi connectivity index (χ0) is 19.1. The molecule has 0 saturated carbocycles. The summed E-state index contributed by atoms with van der Waals surface area (Å²) in [4.78, 5) is 4.74. The fraction of sp³-hybridized carbons (Fsp3) is 0.381. The van der Waals surface area contributed by atoms with Gasteiger partial charge in [-0.1, -0.05) is 42.8 Å². The summed E-state index contributed by atoms with van der Waals surface area (Å²) in [6.07, 6.45) is 2.77. The first-order valence-corrected chi connectivity index (χ1v) is 9.54. The second-order valence-electron chi connectivity index (χ2n) is 6.75. The van der Waals surface area contributed by atoms with Crippen LogP contribution in [0.4, 0.5) is 0 Å². The van der Waals surface area contributed by atoms with Crippen LogP contribution in [0.25, 0.3) is 5.65 Å². The highest BCUT2D eigenvalue weighted by atomic mass is 15.2. The van der Waals surface area contributed by atoms with Crippen molar-refractivity contribution in [1.29, 1.82) is 0 Å². The van der Waals surface area contributed by atoms with Crippen molar-refractivity contribution < 1.29 is 0 Å². The molecular formula is C21H28N6. The largest absolute Gasteiger partial charge is 0.357 e. The minimum atomic E-state index is 0.376. The van der Waals surface area contributed by atoms with E-state index in [-0.39, 0.29) is 0 Å². The molecule has 0 fully saturated rings. The van der Waals surface area contributed by atoms with Gasteiger partial charge in [-0.2, -0.15) is 0 Å². The van der Waals surface area contributed by atoms with Crippen molar-refractivity contribution in [3.63, 3.8) is 0 Å². The summed E-state index contributed by atoms with van der Waals surface area (Å²) in [6.45, 7) is 8.72. The quantitative estimate of drug-likeness (QED) is 0.500. The van der Waals surface area contributed by atoms with Crippen LogP contribution in [0.2, 0.25) is 0 Å². The van der Waals surface area contributed by atoms with E-state index in [4.69, 9.17) is 4.99 Å². The Bertz CT molecular complexity index is 881. The van der Waals surface area contributed by atoms with Gasteiger partial charge in [0.15, 0.2) is 11.6 Å². The second-order valence-corrected chi connectivity index (χ2v) is 6.75. The number of hydrogen-bond acceptors (Lipinski definition) is 3. The Kier molecular flexibility index (Phi) is 6.41. The van der Waals surface area contributed by atoms with Gasteiger partial charge in [0.1, 0.15) is 5.82 Å². The number of aliphatic imine (C=N–C) groups is 1. The molecule has 1 unspecified atom stereocenters. The molecule has 6 nitrogen and oxygen atoms in total. The standard InChI is InChI=1S/C21H28N6/c1-4-22-21(24-15-17(3)18-10-8-16(2)9-11-18)23-13-12-20-26-25-19-7-5-6-14-27(19)20/h5-11,14,17H,4,12-13,15H2,1-3H3,(H2,22,23,24). The average Bonchev–Trinajstić information content (AvgIpc) is 3.09. The van der Waals surface area contributed by atoms with E-state index in [2.05, 4.69) is 65.9 Å². The Morgan fingerprint density at radius 3 is 2.70 bits per heavy atom. The van der Waals surface area contributed by atoms with Gasteiger partial charge in [0.05, 0.1) is 0 Å². The second kappa shape index (κ2) is 9.16. The Labute approximate surface area is 160 Å². The maximum Gasteiger partial charge on any atom is 0.191 e. The van der Waals surface area contributed by atoms with Crippen LogP contribution in [0.3, 0.4) is 0 Å². The molecule has 3 rings (SSSR count). The first-order valence-electron chi connectivity index (χ1n) is 9.54. The van der Waals surface area contributed by atoms with Crippen LogP contribution in [0.15, 0.2) is 53.7 Å². The van der Waals surface area contributed by atoms with E-state index >= 15 is 0 Å². The van der Waals surface area contributed by atoms with Crippen LogP contribution in [0.1, 0.15) is 36.7 Å². The lowest BCUT2D eigenvalue weighted by molar-refractivity contribution is 0.735. The Balaban J connectivity index is 1.56. The molecule has 142 valence electrons. The van der Waals surface area contributed by atoms with E-state index in [1.54, 1.807) is 0 Å². The van der Waals surface area contributed by atoms with Gasteiger partial charge in [0.25, 0.3) is 0 Å². The Morgan fingerprint density at radius 1 is 1.11 bits per heavy atom. The van der Waals surface area contributed by atoms with Crippen LogP contribution in [-0.4, -0.2) is 40.2 Å². The van der Waals surface area contributed by atoms with Crippen molar-refractivity contribution in [1.82, 2.24) is 25.2 Å². The van der Waals surface area contributed by atoms with E-state index in [1.807, 2.05) is 28.8 Å². The summed E-state index contributed by atoms with van der Waals surface area (Å²) in [5.74, 6) is 2.16. The van der Waals surface area contributed by atoms with E-state index in [1.165, 1.54) is 11.1 Å². The summed E-state index contributed by atoms with van der Waals surface area (Å²) in [5.41, 5.74) is 3.47. The molecule has 2 aromatic heterocycles. The van der Waals surface area contributed by atoms with Crippen LogP contribution >= 0.6 is 0 Å². The van der Waals surface area contributed by atoms with Crippen molar-refractivity contribution >= 4 is 11.6 Å². The molecule has 3 aromatic rings. The molecule has 0 amide bonds. The third kappa shape index (κ3) is 5.06.